The fourth-order valence-electron chi connectivity index (χ4n) is 3.21. The van der Waals surface area contributed by atoms with E-state index in [0.29, 0.717) is 6.04 Å². The third-order valence-corrected chi connectivity index (χ3v) is 4.48. The third-order valence-electron chi connectivity index (χ3n) is 4.48. The Balaban J connectivity index is 1.99. The SMILES string of the molecule is C[C@H]1CC[C@@H](NC(=O)OC(C)(C)C)[C@H](C)N1Cc1ccccc1. The number of rotatable bonds is 3. The van der Waals surface area contributed by atoms with Crippen molar-refractivity contribution in [2.75, 3.05) is 0 Å². The highest BCUT2D eigenvalue weighted by Gasteiger charge is 2.34. The minimum absolute atomic E-state index is 0.129. The van der Waals surface area contributed by atoms with Crippen molar-refractivity contribution in [3.63, 3.8) is 0 Å². The predicted octanol–water partition coefficient (Wildman–Crippen LogP) is 3.95. The fourth-order valence-corrected chi connectivity index (χ4v) is 3.21. The fraction of sp³-hybridized carbons (Fsp3) is 0.632. The normalized spacial score (nSPS) is 25.9. The van der Waals surface area contributed by atoms with Gasteiger partial charge in [-0.3, -0.25) is 4.90 Å². The van der Waals surface area contributed by atoms with Crippen LogP contribution in [0.2, 0.25) is 0 Å². The van der Waals surface area contributed by atoms with Gasteiger partial charge in [0.25, 0.3) is 0 Å². The lowest BCUT2D eigenvalue weighted by atomic mass is 9.92. The maximum Gasteiger partial charge on any atom is 0.407 e. The van der Waals surface area contributed by atoms with Crippen molar-refractivity contribution >= 4 is 6.09 Å². The van der Waals surface area contributed by atoms with E-state index < -0.39 is 5.60 Å². The summed E-state index contributed by atoms with van der Waals surface area (Å²) in [4.78, 5) is 14.5. The number of hydrogen-bond acceptors (Lipinski definition) is 3. The van der Waals surface area contributed by atoms with Gasteiger partial charge in [0.1, 0.15) is 5.60 Å². The summed E-state index contributed by atoms with van der Waals surface area (Å²) in [5.41, 5.74) is 0.850. The zero-order valence-corrected chi connectivity index (χ0v) is 15.0. The van der Waals surface area contributed by atoms with Gasteiger partial charge in [-0.25, -0.2) is 4.79 Å². The van der Waals surface area contributed by atoms with Gasteiger partial charge < -0.3 is 10.1 Å². The van der Waals surface area contributed by atoms with Gasteiger partial charge in [0.15, 0.2) is 0 Å². The van der Waals surface area contributed by atoms with Gasteiger partial charge in [-0.1, -0.05) is 30.3 Å². The van der Waals surface area contributed by atoms with E-state index in [4.69, 9.17) is 4.74 Å². The monoisotopic (exact) mass is 318 g/mol. The molecule has 2 rings (SSSR count). The van der Waals surface area contributed by atoms with E-state index in [1.54, 1.807) is 0 Å². The van der Waals surface area contributed by atoms with Crippen LogP contribution in [-0.2, 0) is 11.3 Å². The van der Waals surface area contributed by atoms with Crippen molar-refractivity contribution in [3.05, 3.63) is 35.9 Å². The second-order valence-corrected chi connectivity index (χ2v) is 7.58. The smallest absolute Gasteiger partial charge is 0.407 e. The van der Waals surface area contributed by atoms with Gasteiger partial charge in [0.05, 0.1) is 0 Å². The molecule has 1 saturated heterocycles. The van der Waals surface area contributed by atoms with Crippen molar-refractivity contribution in [1.82, 2.24) is 10.2 Å². The summed E-state index contributed by atoms with van der Waals surface area (Å²) < 4.78 is 5.40. The molecule has 0 aromatic heterocycles. The first-order valence-corrected chi connectivity index (χ1v) is 8.55. The van der Waals surface area contributed by atoms with E-state index in [2.05, 4.69) is 48.3 Å². The zero-order valence-electron chi connectivity index (χ0n) is 15.0. The van der Waals surface area contributed by atoms with Crippen LogP contribution in [0.15, 0.2) is 30.3 Å². The molecule has 0 unspecified atom stereocenters. The number of piperidine rings is 1. The Bertz CT molecular complexity index is 510. The summed E-state index contributed by atoms with van der Waals surface area (Å²) in [6.45, 7) is 11.0. The van der Waals surface area contributed by atoms with Crippen molar-refractivity contribution in [3.8, 4) is 0 Å². The van der Waals surface area contributed by atoms with Gasteiger partial charge in [-0.05, 0) is 53.0 Å². The number of hydrogen-bond donors (Lipinski definition) is 1. The molecule has 23 heavy (non-hydrogen) atoms. The molecule has 1 fully saturated rings. The molecule has 3 atom stereocenters. The number of carbonyl (C=O) groups is 1. The largest absolute Gasteiger partial charge is 0.444 e. The van der Waals surface area contributed by atoms with Crippen molar-refractivity contribution in [2.45, 2.75) is 77.7 Å². The molecule has 1 aromatic rings. The minimum Gasteiger partial charge on any atom is -0.444 e. The summed E-state index contributed by atoms with van der Waals surface area (Å²) in [6, 6.07) is 11.4. The second kappa shape index (κ2) is 7.35. The Morgan fingerprint density at radius 1 is 1.22 bits per heavy atom. The average molecular weight is 318 g/mol. The molecule has 4 nitrogen and oxygen atoms in total. The molecule has 1 heterocycles. The lowest BCUT2D eigenvalue weighted by molar-refractivity contribution is 0.0328. The maximum absolute atomic E-state index is 12.1. The molecule has 1 aliphatic rings. The van der Waals surface area contributed by atoms with Gasteiger partial charge in [-0.15, -0.1) is 0 Å². The zero-order chi connectivity index (χ0) is 17.0. The summed E-state index contributed by atoms with van der Waals surface area (Å²) in [5.74, 6) is 0. The molecule has 128 valence electrons. The molecule has 0 bridgehead atoms. The Hall–Kier alpha value is -1.55. The van der Waals surface area contributed by atoms with Crippen LogP contribution in [0.25, 0.3) is 0 Å². The van der Waals surface area contributed by atoms with E-state index in [-0.39, 0.29) is 18.2 Å². The van der Waals surface area contributed by atoms with Crippen LogP contribution in [0.1, 0.15) is 53.0 Å². The number of nitrogens with zero attached hydrogens (tertiary/aromatic N) is 1. The van der Waals surface area contributed by atoms with E-state index in [9.17, 15) is 4.79 Å². The average Bonchev–Trinajstić information content (AvgIpc) is 2.46. The van der Waals surface area contributed by atoms with Crippen LogP contribution >= 0.6 is 0 Å². The summed E-state index contributed by atoms with van der Waals surface area (Å²) in [5, 5.41) is 3.06. The predicted molar refractivity (Wildman–Crippen MR) is 93.3 cm³/mol. The number of amides is 1. The Morgan fingerprint density at radius 2 is 1.87 bits per heavy atom. The van der Waals surface area contributed by atoms with E-state index in [0.717, 1.165) is 19.4 Å². The summed E-state index contributed by atoms with van der Waals surface area (Å²) in [6.07, 6.45) is 1.76. The molecule has 0 spiro atoms. The van der Waals surface area contributed by atoms with Gasteiger partial charge in [-0.2, -0.15) is 0 Å². The van der Waals surface area contributed by atoms with Crippen molar-refractivity contribution < 1.29 is 9.53 Å². The first kappa shape index (κ1) is 17.8. The molecule has 0 radical (unpaired) electrons. The van der Waals surface area contributed by atoms with E-state index in [1.165, 1.54) is 5.56 Å². The molecule has 4 heteroatoms. The Morgan fingerprint density at radius 3 is 2.48 bits per heavy atom. The standard InChI is InChI=1S/C19H30N2O2/c1-14-11-12-17(20-18(22)23-19(3,4)5)15(2)21(14)13-16-9-7-6-8-10-16/h6-10,14-15,17H,11-13H2,1-5H3,(H,20,22)/t14-,15-,17+/m0/s1. The van der Waals surface area contributed by atoms with Crippen molar-refractivity contribution in [2.24, 2.45) is 0 Å². The lowest BCUT2D eigenvalue weighted by Gasteiger charge is -2.44. The van der Waals surface area contributed by atoms with Crippen LogP contribution in [0.3, 0.4) is 0 Å². The van der Waals surface area contributed by atoms with Crippen LogP contribution in [0.5, 0.6) is 0 Å². The maximum atomic E-state index is 12.1. The highest BCUT2D eigenvalue weighted by Crippen LogP contribution is 2.25. The van der Waals surface area contributed by atoms with E-state index >= 15 is 0 Å². The molecule has 1 N–H and O–H groups in total. The highest BCUT2D eigenvalue weighted by molar-refractivity contribution is 5.68. The number of nitrogens with one attached hydrogen (secondary N) is 1. The number of ether oxygens (including phenoxy) is 1. The topological polar surface area (TPSA) is 41.6 Å². The van der Waals surface area contributed by atoms with Crippen LogP contribution in [-0.4, -0.2) is 34.7 Å². The van der Waals surface area contributed by atoms with E-state index in [1.807, 2.05) is 26.8 Å². The molecule has 0 saturated carbocycles. The number of likely N-dealkylation sites (tertiary alicyclic amines) is 1. The van der Waals surface area contributed by atoms with Gasteiger partial charge in [0, 0.05) is 24.7 Å². The molecular formula is C19H30N2O2. The molecule has 0 aliphatic carbocycles. The highest BCUT2D eigenvalue weighted by atomic mass is 16.6. The molecule has 1 amide bonds. The van der Waals surface area contributed by atoms with Gasteiger partial charge >= 0.3 is 6.09 Å². The third kappa shape index (κ3) is 5.24. The Labute approximate surface area is 140 Å². The quantitative estimate of drug-likeness (QED) is 0.917. The molecule has 1 aromatic carbocycles. The summed E-state index contributed by atoms with van der Waals surface area (Å²) in [7, 11) is 0. The van der Waals surface area contributed by atoms with Crippen LogP contribution < -0.4 is 5.32 Å². The number of alkyl carbamates (subject to hydrolysis) is 1. The lowest BCUT2D eigenvalue weighted by Crippen LogP contribution is -2.56. The summed E-state index contributed by atoms with van der Waals surface area (Å²) >= 11 is 0. The van der Waals surface area contributed by atoms with Gasteiger partial charge in [0.2, 0.25) is 0 Å². The Kier molecular flexibility index (Phi) is 5.69. The number of carbonyl (C=O) groups excluding carboxylic acids is 1. The van der Waals surface area contributed by atoms with Crippen LogP contribution in [0, 0.1) is 0 Å². The van der Waals surface area contributed by atoms with Crippen molar-refractivity contribution in [1.29, 1.82) is 0 Å². The second-order valence-electron chi connectivity index (χ2n) is 7.58. The minimum atomic E-state index is -0.459. The molecular weight excluding hydrogens is 288 g/mol. The number of benzene rings is 1. The van der Waals surface area contributed by atoms with Crippen LogP contribution in [0.4, 0.5) is 4.79 Å². The first-order valence-electron chi connectivity index (χ1n) is 8.55. The first-order chi connectivity index (χ1) is 10.8. The molecule has 1 aliphatic heterocycles.